The van der Waals surface area contributed by atoms with Crippen LogP contribution in [0.3, 0.4) is 0 Å². The number of carbonyl (C=O) groups excluding carboxylic acids is 2. The van der Waals surface area contributed by atoms with Gasteiger partial charge in [0, 0.05) is 24.7 Å². The molecule has 2 amide bonds. The number of carbonyl (C=O) groups is 2. The van der Waals surface area contributed by atoms with Gasteiger partial charge in [0.05, 0.1) is 6.54 Å². The molecule has 0 radical (unpaired) electrons. The fourth-order valence-corrected chi connectivity index (χ4v) is 2.67. The van der Waals surface area contributed by atoms with E-state index in [0.717, 1.165) is 19.5 Å². The van der Waals surface area contributed by atoms with Gasteiger partial charge in [-0.25, -0.2) is 0 Å². The summed E-state index contributed by atoms with van der Waals surface area (Å²) in [6.45, 7) is 7.23. The number of amides is 2. The number of nitrogens with one attached hydrogen (secondary N) is 2. The zero-order valence-corrected chi connectivity index (χ0v) is 13.3. The van der Waals surface area contributed by atoms with E-state index in [9.17, 15) is 9.59 Å². The third-order valence-electron chi connectivity index (χ3n) is 4.08. The van der Waals surface area contributed by atoms with Gasteiger partial charge in [0.1, 0.15) is 0 Å². The number of nitrogens with zero attached hydrogens (tertiary/aromatic N) is 1. The van der Waals surface area contributed by atoms with E-state index in [0.29, 0.717) is 24.1 Å². The van der Waals surface area contributed by atoms with Crippen LogP contribution >= 0.6 is 0 Å². The summed E-state index contributed by atoms with van der Waals surface area (Å²) in [5, 5.41) is 5.55. The standard InChI is InChI=1S/C17H25N3O2/c1-13(2)20-9-8-14(12-20)10-18-16(21)11-19-17(22)15-6-4-3-5-7-15/h3-7,13-14H,8-12H2,1-2H3,(H,18,21)(H,19,22). The minimum atomic E-state index is -0.220. The molecule has 120 valence electrons. The third-order valence-corrected chi connectivity index (χ3v) is 4.08. The molecule has 2 rings (SSSR count). The Morgan fingerprint density at radius 1 is 1.23 bits per heavy atom. The number of hydrogen-bond acceptors (Lipinski definition) is 3. The van der Waals surface area contributed by atoms with Crippen molar-refractivity contribution in [3.05, 3.63) is 35.9 Å². The molecule has 0 saturated carbocycles. The van der Waals surface area contributed by atoms with Crippen LogP contribution in [0.2, 0.25) is 0 Å². The molecule has 1 unspecified atom stereocenters. The molecule has 22 heavy (non-hydrogen) atoms. The predicted octanol–water partition coefficient (Wildman–Crippen LogP) is 1.26. The molecule has 1 aliphatic heterocycles. The largest absolute Gasteiger partial charge is 0.354 e. The van der Waals surface area contributed by atoms with Crippen LogP contribution in [0.1, 0.15) is 30.6 Å². The fourth-order valence-electron chi connectivity index (χ4n) is 2.67. The molecule has 5 nitrogen and oxygen atoms in total. The molecule has 2 N–H and O–H groups in total. The summed E-state index contributed by atoms with van der Waals surface area (Å²) < 4.78 is 0. The molecule has 1 heterocycles. The molecule has 0 aliphatic carbocycles. The minimum absolute atomic E-state index is 0.0222. The van der Waals surface area contributed by atoms with Gasteiger partial charge < -0.3 is 15.5 Å². The lowest BCUT2D eigenvalue weighted by molar-refractivity contribution is -0.120. The van der Waals surface area contributed by atoms with E-state index >= 15 is 0 Å². The summed E-state index contributed by atoms with van der Waals surface area (Å²) in [6, 6.07) is 9.47. The normalized spacial score (nSPS) is 18.4. The second-order valence-electron chi connectivity index (χ2n) is 6.10. The first-order valence-corrected chi connectivity index (χ1v) is 7.90. The first-order chi connectivity index (χ1) is 10.6. The van der Waals surface area contributed by atoms with Crippen LogP contribution in [0, 0.1) is 5.92 Å². The van der Waals surface area contributed by atoms with Crippen molar-refractivity contribution in [3.63, 3.8) is 0 Å². The van der Waals surface area contributed by atoms with Crippen LogP contribution in [0.5, 0.6) is 0 Å². The van der Waals surface area contributed by atoms with Crippen molar-refractivity contribution >= 4 is 11.8 Å². The second kappa shape index (κ2) is 7.94. The van der Waals surface area contributed by atoms with Crippen LogP contribution < -0.4 is 10.6 Å². The lowest BCUT2D eigenvalue weighted by Crippen LogP contribution is -2.39. The molecule has 1 aromatic rings. The van der Waals surface area contributed by atoms with Gasteiger partial charge in [-0.1, -0.05) is 18.2 Å². The molecule has 1 atom stereocenters. The van der Waals surface area contributed by atoms with E-state index in [1.54, 1.807) is 24.3 Å². The maximum Gasteiger partial charge on any atom is 0.251 e. The zero-order chi connectivity index (χ0) is 15.9. The SMILES string of the molecule is CC(C)N1CCC(CNC(=O)CNC(=O)c2ccccc2)C1. The van der Waals surface area contributed by atoms with Crippen LogP contribution in [0.15, 0.2) is 30.3 Å². The first-order valence-electron chi connectivity index (χ1n) is 7.90. The Morgan fingerprint density at radius 2 is 1.95 bits per heavy atom. The average molecular weight is 303 g/mol. The van der Waals surface area contributed by atoms with Gasteiger partial charge in [0.25, 0.3) is 5.91 Å². The molecule has 0 bridgehead atoms. The number of hydrogen-bond donors (Lipinski definition) is 2. The zero-order valence-electron chi connectivity index (χ0n) is 13.3. The van der Waals surface area contributed by atoms with Crippen molar-refractivity contribution in [2.45, 2.75) is 26.3 Å². The summed E-state index contributed by atoms with van der Waals surface area (Å²) >= 11 is 0. The Kier molecular flexibility index (Phi) is 5.95. The topological polar surface area (TPSA) is 61.4 Å². The summed E-state index contributed by atoms with van der Waals surface area (Å²) in [7, 11) is 0. The lowest BCUT2D eigenvalue weighted by Gasteiger charge is -2.20. The van der Waals surface area contributed by atoms with Gasteiger partial charge in [-0.3, -0.25) is 9.59 Å². The molecular weight excluding hydrogens is 278 g/mol. The maximum absolute atomic E-state index is 11.8. The number of rotatable bonds is 6. The Balaban J connectivity index is 1.65. The van der Waals surface area contributed by atoms with Gasteiger partial charge in [-0.05, 0) is 44.9 Å². The van der Waals surface area contributed by atoms with Crippen molar-refractivity contribution in [3.8, 4) is 0 Å². The Bertz CT molecular complexity index is 502. The highest BCUT2D eigenvalue weighted by molar-refractivity contribution is 5.96. The second-order valence-corrected chi connectivity index (χ2v) is 6.10. The van der Waals surface area contributed by atoms with Crippen molar-refractivity contribution in [2.75, 3.05) is 26.2 Å². The van der Waals surface area contributed by atoms with Crippen molar-refractivity contribution in [1.82, 2.24) is 15.5 Å². The Morgan fingerprint density at radius 3 is 2.59 bits per heavy atom. The summed E-state index contributed by atoms with van der Waals surface area (Å²) in [5.41, 5.74) is 0.568. The quantitative estimate of drug-likeness (QED) is 0.832. The molecule has 5 heteroatoms. The molecule has 1 fully saturated rings. The fraction of sp³-hybridized carbons (Fsp3) is 0.529. The number of benzene rings is 1. The summed E-state index contributed by atoms with van der Waals surface area (Å²) in [4.78, 5) is 26.1. The highest BCUT2D eigenvalue weighted by Gasteiger charge is 2.24. The van der Waals surface area contributed by atoms with E-state index in [-0.39, 0.29) is 18.4 Å². The first kappa shape index (κ1) is 16.5. The highest BCUT2D eigenvalue weighted by atomic mass is 16.2. The predicted molar refractivity (Wildman–Crippen MR) is 86.6 cm³/mol. The van der Waals surface area contributed by atoms with Crippen LogP contribution in [-0.2, 0) is 4.79 Å². The van der Waals surface area contributed by atoms with Gasteiger partial charge in [-0.2, -0.15) is 0 Å². The molecule has 0 spiro atoms. The minimum Gasteiger partial charge on any atom is -0.354 e. The summed E-state index contributed by atoms with van der Waals surface area (Å²) in [6.07, 6.45) is 1.12. The smallest absolute Gasteiger partial charge is 0.251 e. The Labute approximate surface area is 132 Å². The van der Waals surface area contributed by atoms with Gasteiger partial charge >= 0.3 is 0 Å². The highest BCUT2D eigenvalue weighted by Crippen LogP contribution is 2.17. The van der Waals surface area contributed by atoms with Gasteiger partial charge in [0.15, 0.2) is 0 Å². The van der Waals surface area contributed by atoms with Crippen LogP contribution in [-0.4, -0.2) is 48.9 Å². The van der Waals surface area contributed by atoms with E-state index in [1.807, 2.05) is 6.07 Å². The van der Waals surface area contributed by atoms with Gasteiger partial charge in [-0.15, -0.1) is 0 Å². The third kappa shape index (κ3) is 4.84. The summed E-state index contributed by atoms with van der Waals surface area (Å²) in [5.74, 6) is 0.158. The van der Waals surface area contributed by atoms with Crippen molar-refractivity contribution in [2.24, 2.45) is 5.92 Å². The van der Waals surface area contributed by atoms with Crippen LogP contribution in [0.25, 0.3) is 0 Å². The van der Waals surface area contributed by atoms with E-state index in [1.165, 1.54) is 0 Å². The van der Waals surface area contributed by atoms with Gasteiger partial charge in [0.2, 0.25) is 5.91 Å². The lowest BCUT2D eigenvalue weighted by atomic mass is 10.1. The van der Waals surface area contributed by atoms with E-state index < -0.39 is 0 Å². The molecule has 1 saturated heterocycles. The molecule has 1 aliphatic rings. The van der Waals surface area contributed by atoms with Crippen molar-refractivity contribution < 1.29 is 9.59 Å². The number of likely N-dealkylation sites (tertiary alicyclic amines) is 1. The van der Waals surface area contributed by atoms with Crippen LogP contribution in [0.4, 0.5) is 0 Å². The average Bonchev–Trinajstić information content (AvgIpc) is 3.00. The van der Waals surface area contributed by atoms with E-state index in [4.69, 9.17) is 0 Å². The molecular formula is C17H25N3O2. The van der Waals surface area contributed by atoms with E-state index in [2.05, 4.69) is 29.4 Å². The maximum atomic E-state index is 11.8. The molecule has 0 aromatic heterocycles. The monoisotopic (exact) mass is 303 g/mol. The molecule has 1 aromatic carbocycles. The van der Waals surface area contributed by atoms with Crippen molar-refractivity contribution in [1.29, 1.82) is 0 Å². The Hall–Kier alpha value is -1.88.